The van der Waals surface area contributed by atoms with Gasteiger partial charge in [-0.3, -0.25) is 9.10 Å². The average molecular weight is 571 g/mol. The highest BCUT2D eigenvalue weighted by atomic mass is 35.5. The summed E-state index contributed by atoms with van der Waals surface area (Å²) in [6.45, 7) is 7.92. The van der Waals surface area contributed by atoms with Crippen molar-refractivity contribution in [3.63, 3.8) is 0 Å². The van der Waals surface area contributed by atoms with Crippen molar-refractivity contribution in [2.45, 2.75) is 51.3 Å². The highest BCUT2D eigenvalue weighted by molar-refractivity contribution is 7.92. The lowest BCUT2D eigenvalue weighted by atomic mass is 9.87. The molecular weight excluding hydrogens is 536 g/mol. The molecule has 0 spiro atoms. The van der Waals surface area contributed by atoms with E-state index in [2.05, 4.69) is 19.2 Å². The summed E-state index contributed by atoms with van der Waals surface area (Å²) in [4.78, 5) is 12.9. The van der Waals surface area contributed by atoms with Crippen LogP contribution in [0.5, 0.6) is 0 Å². The number of amides is 1. The molecule has 3 aromatic rings. The Morgan fingerprint density at radius 3 is 2.36 bits per heavy atom. The van der Waals surface area contributed by atoms with Crippen molar-refractivity contribution in [2.24, 2.45) is 5.41 Å². The minimum absolute atomic E-state index is 0.0840. The van der Waals surface area contributed by atoms with Crippen molar-refractivity contribution < 1.29 is 22.7 Å². The monoisotopic (exact) mass is 570 g/mol. The summed E-state index contributed by atoms with van der Waals surface area (Å²) < 4.78 is 40.0. The molecule has 7 nitrogen and oxygen atoms in total. The Hall–Kier alpha value is -2.91. The summed E-state index contributed by atoms with van der Waals surface area (Å²) in [5.41, 5.74) is 2.41. The second-order valence-corrected chi connectivity index (χ2v) is 12.7. The molecule has 1 amide bonds. The highest BCUT2D eigenvalue weighted by Crippen LogP contribution is 2.32. The van der Waals surface area contributed by atoms with Crippen LogP contribution in [0, 0.1) is 12.3 Å². The van der Waals surface area contributed by atoms with E-state index in [1.165, 1.54) is 4.31 Å². The van der Waals surface area contributed by atoms with Gasteiger partial charge in [-0.1, -0.05) is 61.8 Å². The number of halogens is 1. The molecule has 0 radical (unpaired) electrons. The van der Waals surface area contributed by atoms with Crippen molar-refractivity contribution in [1.29, 1.82) is 0 Å². The molecule has 1 aliphatic heterocycles. The number of rotatable bonds is 11. The Kier molecular flexibility index (Phi) is 9.33. The standard InChI is InChI=1S/C30H35ClN2O5S/c1-22-10-15-25(31)20-27(22)33(39(35,36)26-8-5-4-6-9-26)21-23-11-13-24(14-12-23)28(34)32-17-7-16-30(2,3)29-37-18-19-38-29/h4-6,8-15,20,29H,7,16-19,21H2,1-3H3,(H,32,34). The topological polar surface area (TPSA) is 84.9 Å². The van der Waals surface area contributed by atoms with Crippen LogP contribution >= 0.6 is 11.6 Å². The molecule has 0 aromatic heterocycles. The first kappa shape index (κ1) is 29.1. The number of carbonyl (C=O) groups excluding carboxylic acids is 1. The zero-order chi connectivity index (χ0) is 28.0. The Morgan fingerprint density at radius 2 is 1.69 bits per heavy atom. The number of hydrogen-bond donors (Lipinski definition) is 1. The van der Waals surface area contributed by atoms with Crippen molar-refractivity contribution >= 4 is 33.2 Å². The molecule has 1 heterocycles. The van der Waals surface area contributed by atoms with Crippen LogP contribution in [0.15, 0.2) is 77.7 Å². The lowest BCUT2D eigenvalue weighted by molar-refractivity contribution is -0.122. The summed E-state index contributed by atoms with van der Waals surface area (Å²) in [5, 5.41) is 3.41. The third-order valence-electron chi connectivity index (χ3n) is 6.86. The summed E-state index contributed by atoms with van der Waals surface area (Å²) in [6.07, 6.45) is 1.44. The molecule has 3 aromatic carbocycles. The molecule has 0 saturated carbocycles. The second-order valence-electron chi connectivity index (χ2n) is 10.4. The van der Waals surface area contributed by atoms with Crippen LogP contribution in [0.3, 0.4) is 0 Å². The molecule has 0 unspecified atom stereocenters. The normalized spacial score (nSPS) is 14.4. The van der Waals surface area contributed by atoms with Gasteiger partial charge in [0.1, 0.15) is 0 Å². The first-order valence-corrected chi connectivity index (χ1v) is 14.8. The zero-order valence-corrected chi connectivity index (χ0v) is 24.1. The predicted octanol–water partition coefficient (Wildman–Crippen LogP) is 5.95. The van der Waals surface area contributed by atoms with Gasteiger partial charge in [-0.2, -0.15) is 0 Å². The maximum atomic E-state index is 13.7. The van der Waals surface area contributed by atoms with Crippen LogP contribution in [0.1, 0.15) is 48.2 Å². The van der Waals surface area contributed by atoms with E-state index in [1.54, 1.807) is 72.8 Å². The molecule has 1 aliphatic rings. The van der Waals surface area contributed by atoms with Gasteiger partial charge < -0.3 is 14.8 Å². The van der Waals surface area contributed by atoms with Crippen molar-refractivity contribution in [3.8, 4) is 0 Å². The lowest BCUT2D eigenvalue weighted by Gasteiger charge is -2.29. The van der Waals surface area contributed by atoms with E-state index in [-0.39, 0.29) is 29.1 Å². The minimum atomic E-state index is -3.87. The largest absolute Gasteiger partial charge is 0.352 e. The average Bonchev–Trinajstić information content (AvgIpc) is 3.48. The number of benzene rings is 3. The molecule has 1 fully saturated rings. The van der Waals surface area contributed by atoms with Gasteiger partial charge in [0, 0.05) is 22.5 Å². The van der Waals surface area contributed by atoms with E-state index >= 15 is 0 Å². The summed E-state index contributed by atoms with van der Waals surface area (Å²) in [6, 6.07) is 20.5. The van der Waals surface area contributed by atoms with Crippen molar-refractivity contribution in [1.82, 2.24) is 5.32 Å². The van der Waals surface area contributed by atoms with Crippen LogP contribution in [-0.2, 0) is 26.0 Å². The summed E-state index contributed by atoms with van der Waals surface area (Å²) in [5.74, 6) is -0.174. The van der Waals surface area contributed by atoms with Gasteiger partial charge in [-0.25, -0.2) is 8.42 Å². The number of carbonyl (C=O) groups is 1. The number of nitrogens with zero attached hydrogens (tertiary/aromatic N) is 1. The number of anilines is 1. The molecule has 1 N–H and O–H groups in total. The smallest absolute Gasteiger partial charge is 0.264 e. The quantitative estimate of drug-likeness (QED) is 0.288. The van der Waals surface area contributed by atoms with Crippen molar-refractivity contribution in [2.75, 3.05) is 24.1 Å². The Morgan fingerprint density at radius 1 is 1.03 bits per heavy atom. The molecule has 0 bridgehead atoms. The predicted molar refractivity (Wildman–Crippen MR) is 153 cm³/mol. The van der Waals surface area contributed by atoms with Gasteiger partial charge in [0.05, 0.1) is 30.3 Å². The van der Waals surface area contributed by atoms with Gasteiger partial charge in [-0.05, 0) is 67.3 Å². The molecule has 1 saturated heterocycles. The van der Waals surface area contributed by atoms with Gasteiger partial charge in [0.2, 0.25) is 0 Å². The molecule has 0 atom stereocenters. The molecule has 9 heteroatoms. The Balaban J connectivity index is 1.44. The fraction of sp³-hybridized carbons (Fsp3) is 0.367. The maximum absolute atomic E-state index is 13.7. The van der Waals surface area contributed by atoms with Crippen LogP contribution in [-0.4, -0.2) is 40.4 Å². The molecule has 39 heavy (non-hydrogen) atoms. The SMILES string of the molecule is Cc1ccc(Cl)cc1N(Cc1ccc(C(=O)NCCCC(C)(C)C2OCCO2)cc1)S(=O)(=O)c1ccccc1. The third kappa shape index (κ3) is 7.19. The summed E-state index contributed by atoms with van der Waals surface area (Å²) >= 11 is 6.25. The van der Waals surface area contributed by atoms with Gasteiger partial charge >= 0.3 is 0 Å². The maximum Gasteiger partial charge on any atom is 0.264 e. The van der Waals surface area contributed by atoms with Gasteiger partial charge in [-0.15, -0.1) is 0 Å². The molecule has 208 valence electrons. The lowest BCUT2D eigenvalue weighted by Crippen LogP contribution is -2.32. The van der Waals surface area contributed by atoms with E-state index in [0.29, 0.717) is 36.0 Å². The van der Waals surface area contributed by atoms with E-state index in [0.717, 1.165) is 24.0 Å². The van der Waals surface area contributed by atoms with Crippen molar-refractivity contribution in [3.05, 3.63) is 94.5 Å². The Labute approximate surface area is 236 Å². The highest BCUT2D eigenvalue weighted by Gasteiger charge is 2.33. The van der Waals surface area contributed by atoms with E-state index in [9.17, 15) is 13.2 Å². The van der Waals surface area contributed by atoms with E-state index < -0.39 is 10.0 Å². The first-order chi connectivity index (χ1) is 18.6. The minimum Gasteiger partial charge on any atom is -0.352 e. The first-order valence-electron chi connectivity index (χ1n) is 13.0. The zero-order valence-electron chi connectivity index (χ0n) is 22.5. The third-order valence-corrected chi connectivity index (χ3v) is 8.87. The summed E-state index contributed by atoms with van der Waals surface area (Å²) in [7, 11) is -3.87. The van der Waals surface area contributed by atoms with E-state index in [1.807, 2.05) is 6.92 Å². The van der Waals surface area contributed by atoms with Crippen LogP contribution in [0.25, 0.3) is 0 Å². The fourth-order valence-corrected chi connectivity index (χ4v) is 6.27. The second kappa shape index (κ2) is 12.5. The number of nitrogens with one attached hydrogen (secondary N) is 1. The van der Waals surface area contributed by atoms with Gasteiger partial charge in [0.15, 0.2) is 6.29 Å². The van der Waals surface area contributed by atoms with Crippen LogP contribution < -0.4 is 9.62 Å². The number of sulfonamides is 1. The molecule has 4 rings (SSSR count). The van der Waals surface area contributed by atoms with Gasteiger partial charge in [0.25, 0.3) is 15.9 Å². The number of hydrogen-bond acceptors (Lipinski definition) is 5. The fourth-order valence-electron chi connectivity index (χ4n) is 4.57. The molecule has 0 aliphatic carbocycles. The number of aryl methyl sites for hydroxylation is 1. The molecular formula is C30H35ClN2O5S. The van der Waals surface area contributed by atoms with Crippen LogP contribution in [0.2, 0.25) is 5.02 Å². The van der Waals surface area contributed by atoms with Crippen LogP contribution in [0.4, 0.5) is 5.69 Å². The Bertz CT molecular complexity index is 1370. The number of ether oxygens (including phenoxy) is 2. The van der Waals surface area contributed by atoms with E-state index in [4.69, 9.17) is 21.1 Å².